The van der Waals surface area contributed by atoms with Crippen LogP contribution < -0.4 is 0 Å². The molecule has 0 bridgehead atoms. The van der Waals surface area contributed by atoms with E-state index in [2.05, 4.69) is 32.7 Å². The van der Waals surface area contributed by atoms with Crippen LogP contribution in [0.15, 0.2) is 0 Å². The van der Waals surface area contributed by atoms with Crippen molar-refractivity contribution in [2.75, 3.05) is 13.6 Å². The van der Waals surface area contributed by atoms with E-state index >= 15 is 0 Å². The third-order valence-corrected chi connectivity index (χ3v) is 4.17. The molecule has 2 heteroatoms. The largest absolute Gasteiger partial charge is 0.393 e. The minimum Gasteiger partial charge on any atom is -0.393 e. The average Bonchev–Trinajstić information content (AvgIpc) is 2.22. The highest BCUT2D eigenvalue weighted by Crippen LogP contribution is 2.38. The van der Waals surface area contributed by atoms with Gasteiger partial charge in [-0.15, -0.1) is 0 Å². The van der Waals surface area contributed by atoms with Crippen molar-refractivity contribution >= 4 is 0 Å². The first-order valence-corrected chi connectivity index (χ1v) is 6.85. The zero-order chi connectivity index (χ0) is 12.2. The number of aliphatic hydroxyl groups is 1. The molecule has 0 aromatic rings. The summed E-state index contributed by atoms with van der Waals surface area (Å²) in [4.78, 5) is 2.47. The second kappa shape index (κ2) is 6.02. The Morgan fingerprint density at radius 2 is 2.00 bits per heavy atom. The summed E-state index contributed by atoms with van der Waals surface area (Å²) in [6.07, 6.45) is 6.89. The van der Waals surface area contributed by atoms with Gasteiger partial charge in [0.2, 0.25) is 0 Å². The van der Waals surface area contributed by atoms with Crippen molar-refractivity contribution in [1.29, 1.82) is 0 Å². The van der Waals surface area contributed by atoms with E-state index in [0.717, 1.165) is 19.3 Å². The number of hydrogen-bond acceptors (Lipinski definition) is 2. The maximum absolute atomic E-state index is 9.81. The summed E-state index contributed by atoms with van der Waals surface area (Å²) in [6, 6.07) is 0.549. The molecule has 1 rings (SSSR count). The molecule has 2 nitrogen and oxygen atoms in total. The Labute approximate surface area is 101 Å². The second-order valence-electron chi connectivity index (χ2n) is 6.12. The molecule has 1 fully saturated rings. The van der Waals surface area contributed by atoms with Crippen LogP contribution >= 0.6 is 0 Å². The minimum absolute atomic E-state index is 0.0772. The predicted octanol–water partition coefficient (Wildman–Crippen LogP) is 3.05. The van der Waals surface area contributed by atoms with Crippen LogP contribution in [0.25, 0.3) is 0 Å². The van der Waals surface area contributed by atoms with Crippen LogP contribution in [-0.4, -0.2) is 35.7 Å². The van der Waals surface area contributed by atoms with Crippen LogP contribution in [0.5, 0.6) is 0 Å². The van der Waals surface area contributed by atoms with Crippen LogP contribution in [0.1, 0.15) is 59.3 Å². The number of unbranched alkanes of at least 4 members (excludes halogenated alkanes) is 2. The van der Waals surface area contributed by atoms with Crippen molar-refractivity contribution in [3.05, 3.63) is 0 Å². The Hall–Kier alpha value is -0.0800. The summed E-state index contributed by atoms with van der Waals surface area (Å²) < 4.78 is 0. The molecule has 1 saturated carbocycles. The van der Waals surface area contributed by atoms with Gasteiger partial charge in [0, 0.05) is 6.04 Å². The average molecular weight is 227 g/mol. The molecular formula is C14H29NO. The van der Waals surface area contributed by atoms with Crippen molar-refractivity contribution in [3.63, 3.8) is 0 Å². The summed E-state index contributed by atoms with van der Waals surface area (Å²) in [5, 5.41) is 9.81. The summed E-state index contributed by atoms with van der Waals surface area (Å²) in [6.45, 7) is 8.11. The van der Waals surface area contributed by atoms with E-state index in [1.807, 2.05) is 0 Å². The Kier molecular flexibility index (Phi) is 5.26. The van der Waals surface area contributed by atoms with E-state index in [1.54, 1.807) is 0 Å². The molecule has 1 aliphatic rings. The lowest BCUT2D eigenvalue weighted by molar-refractivity contribution is -0.00157. The van der Waals surface area contributed by atoms with Gasteiger partial charge in [0.1, 0.15) is 0 Å². The van der Waals surface area contributed by atoms with E-state index in [9.17, 15) is 5.11 Å². The summed E-state index contributed by atoms with van der Waals surface area (Å²) in [5.74, 6) is 0. The molecule has 0 aromatic heterocycles. The lowest BCUT2D eigenvalue weighted by Crippen LogP contribution is -2.48. The molecule has 0 spiro atoms. The first-order chi connectivity index (χ1) is 7.47. The van der Waals surface area contributed by atoms with Crippen LogP contribution in [0.2, 0.25) is 0 Å². The lowest BCUT2D eigenvalue weighted by atomic mass is 9.71. The quantitative estimate of drug-likeness (QED) is 0.730. The molecule has 1 N–H and O–H groups in total. The fraction of sp³-hybridized carbons (Fsp3) is 1.00. The van der Waals surface area contributed by atoms with E-state index < -0.39 is 0 Å². The smallest absolute Gasteiger partial charge is 0.0555 e. The van der Waals surface area contributed by atoms with Gasteiger partial charge in [-0.05, 0) is 44.7 Å². The molecule has 0 amide bonds. The van der Waals surface area contributed by atoms with Gasteiger partial charge in [0.05, 0.1) is 6.10 Å². The first-order valence-electron chi connectivity index (χ1n) is 6.85. The molecule has 2 unspecified atom stereocenters. The van der Waals surface area contributed by atoms with Crippen LogP contribution in [0.3, 0.4) is 0 Å². The topological polar surface area (TPSA) is 23.5 Å². The summed E-state index contributed by atoms with van der Waals surface area (Å²) in [5.41, 5.74) is 0.361. The molecule has 0 saturated heterocycles. The minimum atomic E-state index is -0.0772. The maximum atomic E-state index is 9.81. The van der Waals surface area contributed by atoms with Gasteiger partial charge in [0.15, 0.2) is 0 Å². The van der Waals surface area contributed by atoms with E-state index in [0.29, 0.717) is 11.5 Å². The van der Waals surface area contributed by atoms with E-state index in [1.165, 1.54) is 25.8 Å². The van der Waals surface area contributed by atoms with Crippen molar-refractivity contribution in [2.24, 2.45) is 5.41 Å². The SMILES string of the molecule is CCCCCN(C)C1CC(O)CCC1(C)C. The Balaban J connectivity index is 2.47. The predicted molar refractivity (Wildman–Crippen MR) is 69.6 cm³/mol. The molecule has 2 atom stereocenters. The van der Waals surface area contributed by atoms with Crippen LogP contribution in [0, 0.1) is 5.41 Å². The molecule has 0 aliphatic heterocycles. The van der Waals surface area contributed by atoms with Gasteiger partial charge in [-0.2, -0.15) is 0 Å². The Morgan fingerprint density at radius 1 is 1.31 bits per heavy atom. The Bertz CT molecular complexity index is 203. The third kappa shape index (κ3) is 3.74. The van der Waals surface area contributed by atoms with Gasteiger partial charge in [-0.1, -0.05) is 33.6 Å². The standard InChI is InChI=1S/C14H29NO/c1-5-6-7-10-15(4)13-11-12(16)8-9-14(13,2)3/h12-13,16H,5-11H2,1-4H3. The first kappa shape index (κ1) is 14.0. The molecular weight excluding hydrogens is 198 g/mol. The number of rotatable bonds is 5. The molecule has 96 valence electrons. The summed E-state index contributed by atoms with van der Waals surface area (Å²) >= 11 is 0. The van der Waals surface area contributed by atoms with Crippen molar-refractivity contribution in [3.8, 4) is 0 Å². The maximum Gasteiger partial charge on any atom is 0.0555 e. The van der Waals surface area contributed by atoms with Gasteiger partial charge >= 0.3 is 0 Å². The normalized spacial score (nSPS) is 29.6. The highest BCUT2D eigenvalue weighted by atomic mass is 16.3. The van der Waals surface area contributed by atoms with Gasteiger partial charge < -0.3 is 10.0 Å². The van der Waals surface area contributed by atoms with Gasteiger partial charge in [-0.3, -0.25) is 0 Å². The summed E-state index contributed by atoms with van der Waals surface area (Å²) in [7, 11) is 2.22. The van der Waals surface area contributed by atoms with Crippen LogP contribution in [0.4, 0.5) is 0 Å². The highest BCUT2D eigenvalue weighted by Gasteiger charge is 2.37. The number of aliphatic hydroxyl groups excluding tert-OH is 1. The van der Waals surface area contributed by atoms with Gasteiger partial charge in [-0.25, -0.2) is 0 Å². The van der Waals surface area contributed by atoms with Gasteiger partial charge in [0.25, 0.3) is 0 Å². The van der Waals surface area contributed by atoms with E-state index in [-0.39, 0.29) is 6.10 Å². The Morgan fingerprint density at radius 3 is 2.62 bits per heavy atom. The molecule has 0 aromatic carbocycles. The zero-order valence-corrected chi connectivity index (χ0v) is 11.5. The number of hydrogen-bond donors (Lipinski definition) is 1. The van der Waals surface area contributed by atoms with Crippen LogP contribution in [-0.2, 0) is 0 Å². The second-order valence-corrected chi connectivity index (χ2v) is 6.12. The monoisotopic (exact) mass is 227 g/mol. The lowest BCUT2D eigenvalue weighted by Gasteiger charge is -2.45. The molecule has 1 aliphatic carbocycles. The molecule has 16 heavy (non-hydrogen) atoms. The third-order valence-electron chi connectivity index (χ3n) is 4.17. The van der Waals surface area contributed by atoms with Crippen molar-refractivity contribution < 1.29 is 5.11 Å². The zero-order valence-electron chi connectivity index (χ0n) is 11.5. The highest BCUT2D eigenvalue weighted by molar-refractivity contribution is 4.91. The van der Waals surface area contributed by atoms with Crippen molar-refractivity contribution in [1.82, 2.24) is 4.90 Å². The van der Waals surface area contributed by atoms with Crippen molar-refractivity contribution in [2.45, 2.75) is 71.4 Å². The fourth-order valence-electron chi connectivity index (χ4n) is 2.94. The molecule has 0 radical (unpaired) electrons. The fourth-order valence-corrected chi connectivity index (χ4v) is 2.94. The molecule has 0 heterocycles. The number of nitrogens with zero attached hydrogens (tertiary/aromatic N) is 1. The van der Waals surface area contributed by atoms with E-state index in [4.69, 9.17) is 0 Å².